The molecule has 0 spiro atoms. The predicted octanol–water partition coefficient (Wildman–Crippen LogP) is 0.848. The Morgan fingerprint density at radius 3 is 1.71 bits per heavy atom. The van der Waals surface area contributed by atoms with E-state index in [1.807, 2.05) is 0 Å². The van der Waals surface area contributed by atoms with Crippen molar-refractivity contribution in [3.8, 4) is 0 Å². The summed E-state index contributed by atoms with van der Waals surface area (Å²) in [6.45, 7) is 12.0. The normalized spacial score (nSPS) is 16.5. The average Bonchev–Trinajstić information content (AvgIpc) is 2.47. The Labute approximate surface area is 144 Å². The first kappa shape index (κ1) is 22.4. The number of ether oxygens (including phenoxy) is 1. The maximum atomic E-state index is 12.5. The van der Waals surface area contributed by atoms with Crippen LogP contribution in [0.25, 0.3) is 0 Å². The first-order valence-corrected chi connectivity index (χ1v) is 8.27. The van der Waals surface area contributed by atoms with Gasteiger partial charge in [0.1, 0.15) is 17.7 Å². The summed E-state index contributed by atoms with van der Waals surface area (Å²) in [7, 11) is 1.26. The van der Waals surface area contributed by atoms with Crippen molar-refractivity contribution in [3.05, 3.63) is 0 Å². The van der Waals surface area contributed by atoms with Crippen molar-refractivity contribution in [1.82, 2.24) is 10.6 Å². The van der Waals surface area contributed by atoms with Gasteiger partial charge in [-0.25, -0.2) is 4.79 Å². The molecule has 0 aromatic heterocycles. The number of esters is 1. The van der Waals surface area contributed by atoms with Crippen LogP contribution in [0, 0.1) is 17.8 Å². The fraction of sp³-hybridized carbons (Fsp3) is 0.824. The van der Waals surface area contributed by atoms with Crippen LogP contribution in [0.1, 0.15) is 48.5 Å². The summed E-state index contributed by atoms with van der Waals surface area (Å²) < 4.78 is 4.70. The quantitative estimate of drug-likeness (QED) is 0.566. The van der Waals surface area contributed by atoms with Crippen molar-refractivity contribution in [2.45, 2.75) is 66.2 Å². The van der Waals surface area contributed by atoms with Crippen molar-refractivity contribution >= 4 is 17.8 Å². The molecule has 0 rings (SSSR count). The van der Waals surface area contributed by atoms with Gasteiger partial charge in [-0.15, -0.1) is 0 Å². The molecule has 7 nitrogen and oxygen atoms in total. The van der Waals surface area contributed by atoms with Gasteiger partial charge in [0.2, 0.25) is 5.91 Å². The minimum absolute atomic E-state index is 0.163. The number of hydrogen-bond acceptors (Lipinski definition) is 5. The Kier molecular flexibility index (Phi) is 8.40. The molecule has 0 fully saturated rings. The number of hydrogen-bond donors (Lipinski definition) is 3. The third-order valence-electron chi connectivity index (χ3n) is 4.24. The molecule has 0 saturated heterocycles. The van der Waals surface area contributed by atoms with Gasteiger partial charge in [0.05, 0.1) is 7.11 Å². The molecule has 0 unspecified atom stereocenters. The molecule has 24 heavy (non-hydrogen) atoms. The van der Waals surface area contributed by atoms with Crippen LogP contribution in [-0.2, 0) is 19.1 Å². The summed E-state index contributed by atoms with van der Waals surface area (Å²) in [5.41, 5.74) is -1.59. The first-order valence-electron chi connectivity index (χ1n) is 8.27. The van der Waals surface area contributed by atoms with Gasteiger partial charge in [-0.1, -0.05) is 41.5 Å². The number of methoxy groups -OCH3 is 1. The molecule has 0 aliphatic carbocycles. The molecule has 140 valence electrons. The minimum atomic E-state index is -1.59. The second-order valence-electron chi connectivity index (χ2n) is 7.25. The number of carbonyl (C=O) groups excluding carboxylic acids is 3. The van der Waals surface area contributed by atoms with E-state index < -0.39 is 35.5 Å². The highest BCUT2D eigenvalue weighted by molar-refractivity contribution is 5.93. The lowest BCUT2D eigenvalue weighted by Gasteiger charge is -2.31. The molecular weight excluding hydrogens is 312 g/mol. The lowest BCUT2D eigenvalue weighted by molar-refractivity contribution is -0.148. The lowest BCUT2D eigenvalue weighted by Crippen LogP contribution is -2.59. The molecule has 0 aromatic carbocycles. The fourth-order valence-corrected chi connectivity index (χ4v) is 1.95. The molecular formula is C17H32N2O5. The SMILES string of the molecule is COC(=O)[C@@H](NC(=O)[C@@H](NC(=O)[C@@](C)(O)C(C)C)C(C)C)C(C)C. The van der Waals surface area contributed by atoms with Crippen LogP contribution < -0.4 is 10.6 Å². The number of aliphatic hydroxyl groups is 1. The summed E-state index contributed by atoms with van der Waals surface area (Å²) in [6.07, 6.45) is 0. The molecule has 0 heterocycles. The van der Waals surface area contributed by atoms with Gasteiger partial charge < -0.3 is 20.5 Å². The zero-order chi connectivity index (χ0) is 19.2. The van der Waals surface area contributed by atoms with Gasteiger partial charge in [0.25, 0.3) is 5.91 Å². The highest BCUT2D eigenvalue weighted by Gasteiger charge is 2.38. The molecule has 0 radical (unpaired) electrons. The summed E-state index contributed by atoms with van der Waals surface area (Å²) in [5, 5.41) is 15.5. The monoisotopic (exact) mass is 344 g/mol. The molecule has 0 aliphatic heterocycles. The summed E-state index contributed by atoms with van der Waals surface area (Å²) >= 11 is 0. The lowest BCUT2D eigenvalue weighted by atomic mass is 9.90. The van der Waals surface area contributed by atoms with Crippen LogP contribution in [-0.4, -0.2) is 47.7 Å². The van der Waals surface area contributed by atoms with Crippen LogP contribution >= 0.6 is 0 Å². The maximum absolute atomic E-state index is 12.5. The molecule has 0 aliphatic rings. The van der Waals surface area contributed by atoms with Gasteiger partial charge >= 0.3 is 5.97 Å². The van der Waals surface area contributed by atoms with E-state index in [4.69, 9.17) is 4.74 Å². The molecule has 0 aromatic rings. The molecule has 0 bridgehead atoms. The van der Waals surface area contributed by atoms with Crippen molar-refractivity contribution in [1.29, 1.82) is 0 Å². The highest BCUT2D eigenvalue weighted by atomic mass is 16.5. The number of carbonyl (C=O) groups is 3. The molecule has 3 N–H and O–H groups in total. The molecule has 7 heteroatoms. The average molecular weight is 344 g/mol. The zero-order valence-electron chi connectivity index (χ0n) is 16.0. The van der Waals surface area contributed by atoms with Crippen molar-refractivity contribution < 1.29 is 24.2 Å². The summed E-state index contributed by atoms with van der Waals surface area (Å²) in [4.78, 5) is 36.6. The third-order valence-corrected chi connectivity index (χ3v) is 4.24. The van der Waals surface area contributed by atoms with Crippen LogP contribution in [0.4, 0.5) is 0 Å². The molecule has 0 saturated carbocycles. The largest absolute Gasteiger partial charge is 0.467 e. The second-order valence-corrected chi connectivity index (χ2v) is 7.25. The van der Waals surface area contributed by atoms with E-state index in [2.05, 4.69) is 10.6 Å². The zero-order valence-corrected chi connectivity index (χ0v) is 16.0. The van der Waals surface area contributed by atoms with Crippen molar-refractivity contribution in [2.24, 2.45) is 17.8 Å². The Morgan fingerprint density at radius 1 is 0.917 bits per heavy atom. The fourth-order valence-electron chi connectivity index (χ4n) is 1.95. The maximum Gasteiger partial charge on any atom is 0.328 e. The summed E-state index contributed by atoms with van der Waals surface area (Å²) in [6, 6.07) is -1.67. The Hall–Kier alpha value is -1.63. The Balaban J connectivity index is 5.22. The topological polar surface area (TPSA) is 105 Å². The van der Waals surface area contributed by atoms with E-state index in [1.54, 1.807) is 41.5 Å². The van der Waals surface area contributed by atoms with E-state index in [0.29, 0.717) is 0 Å². The van der Waals surface area contributed by atoms with E-state index in [9.17, 15) is 19.5 Å². The van der Waals surface area contributed by atoms with Gasteiger partial charge in [0, 0.05) is 0 Å². The Bertz CT molecular complexity index is 458. The highest BCUT2D eigenvalue weighted by Crippen LogP contribution is 2.17. The number of amides is 2. The minimum Gasteiger partial charge on any atom is -0.467 e. The van der Waals surface area contributed by atoms with E-state index in [-0.39, 0.29) is 17.8 Å². The second kappa shape index (κ2) is 9.01. The number of nitrogens with one attached hydrogen (secondary N) is 2. The van der Waals surface area contributed by atoms with Gasteiger partial charge in [-0.05, 0) is 24.7 Å². The van der Waals surface area contributed by atoms with Crippen LogP contribution in [0.15, 0.2) is 0 Å². The van der Waals surface area contributed by atoms with E-state index in [0.717, 1.165) is 0 Å². The molecule has 2 amide bonds. The van der Waals surface area contributed by atoms with E-state index in [1.165, 1.54) is 14.0 Å². The summed E-state index contributed by atoms with van der Waals surface area (Å²) in [5.74, 6) is -2.34. The standard InChI is InChI=1S/C17H32N2O5/c1-9(2)12(19-16(22)17(7,23)11(5)6)14(20)18-13(10(3)4)15(21)24-8/h9-13,23H,1-8H3,(H,18,20)(H,19,22)/t12-,13-,17-/m0/s1. The first-order chi connectivity index (χ1) is 10.9. The molecule has 3 atom stereocenters. The van der Waals surface area contributed by atoms with Gasteiger partial charge in [0.15, 0.2) is 0 Å². The van der Waals surface area contributed by atoms with Crippen molar-refractivity contribution in [2.75, 3.05) is 7.11 Å². The Morgan fingerprint density at radius 2 is 1.38 bits per heavy atom. The van der Waals surface area contributed by atoms with Crippen molar-refractivity contribution in [3.63, 3.8) is 0 Å². The van der Waals surface area contributed by atoms with Crippen LogP contribution in [0.3, 0.4) is 0 Å². The van der Waals surface area contributed by atoms with Crippen LogP contribution in [0.5, 0.6) is 0 Å². The smallest absolute Gasteiger partial charge is 0.328 e. The number of rotatable bonds is 8. The third kappa shape index (κ3) is 5.78. The van der Waals surface area contributed by atoms with Crippen LogP contribution in [0.2, 0.25) is 0 Å². The van der Waals surface area contributed by atoms with E-state index >= 15 is 0 Å². The van der Waals surface area contributed by atoms with Gasteiger partial charge in [-0.3, -0.25) is 9.59 Å². The van der Waals surface area contributed by atoms with Gasteiger partial charge in [-0.2, -0.15) is 0 Å². The predicted molar refractivity (Wildman–Crippen MR) is 91.0 cm³/mol.